The Balaban J connectivity index is 0.000000265. The standard InChI is InChI=1S/C25H44O4Si2.C25H44O3Si2.CO2/c1-24(2,3)30(7,8)27-16-19-20(29-31(9,10)25(4,5)6)14-21-22(19)18-13-11-12-17(15-26)23(18)28-21;1-17-13-12-14-18-22-19(16-26-29(8,9)24(2,3)4)20(15-21(22)27-23(17)18)28-30(10,11)25(5,6)7;2-1-3/h11-13,19-22,26H,14-16H2,1-10H3;12-14,19-22H,15-16H2,1-11H3;/t2*19-,20+,21-,22+;/m00./s1. The van der Waals surface area contributed by atoms with Crippen molar-refractivity contribution in [2.24, 2.45) is 11.8 Å². The minimum atomic E-state index is -1.92. The highest BCUT2D eigenvalue weighted by Gasteiger charge is 2.56. The SMILES string of the molecule is CC(C)(C)[Si](C)(C)OC[C@@H]1[C@H]2c3cccc(CO)c3O[C@H]2C[C@H]1O[Si](C)(C)C(C)(C)C.Cc1cccc2c1O[C@H]1C[C@@H](O[Si](C)(C)C(C)(C)C)[C@H](CO[Si](C)(C)C(C)(C)C)[C@@H]21.O=C=O. The maximum atomic E-state index is 9.81. The van der Waals surface area contributed by atoms with Crippen LogP contribution < -0.4 is 9.47 Å². The number of para-hydroxylation sites is 2. The molecule has 2 aliphatic carbocycles. The van der Waals surface area contributed by atoms with Gasteiger partial charge < -0.3 is 32.3 Å². The lowest BCUT2D eigenvalue weighted by Gasteiger charge is -2.42. The second-order valence-corrected chi connectivity index (χ2v) is 44.3. The molecule has 2 saturated carbocycles. The molecule has 2 fully saturated rings. The van der Waals surface area contributed by atoms with Gasteiger partial charge in [0.2, 0.25) is 0 Å². The summed E-state index contributed by atoms with van der Waals surface area (Å²) in [6, 6.07) is 12.8. The molecular formula is C51H88O9Si4. The smallest absolute Gasteiger partial charge is 0.373 e. The number of ether oxygens (including phenoxy) is 2. The summed E-state index contributed by atoms with van der Waals surface area (Å²) in [5, 5.41) is 10.6. The van der Waals surface area contributed by atoms with Gasteiger partial charge in [-0.05, 0) is 85.0 Å². The summed E-state index contributed by atoms with van der Waals surface area (Å²) in [6.45, 7) is 50.1. The summed E-state index contributed by atoms with van der Waals surface area (Å²) < 4.78 is 40.5. The van der Waals surface area contributed by atoms with E-state index in [1.165, 1.54) is 16.7 Å². The predicted octanol–water partition coefficient (Wildman–Crippen LogP) is 13.1. The van der Waals surface area contributed by atoms with E-state index in [4.69, 9.17) is 36.8 Å². The average molecular weight is 958 g/mol. The molecule has 2 aromatic rings. The molecule has 0 spiro atoms. The van der Waals surface area contributed by atoms with Crippen LogP contribution in [0, 0.1) is 18.8 Å². The molecule has 0 aromatic heterocycles. The van der Waals surface area contributed by atoms with Crippen LogP contribution in [-0.4, -0.2) is 82.2 Å². The number of aryl methyl sites for hydroxylation is 1. The van der Waals surface area contributed by atoms with Crippen LogP contribution >= 0.6 is 0 Å². The Kier molecular flexibility index (Phi) is 16.7. The van der Waals surface area contributed by atoms with Crippen LogP contribution in [0.4, 0.5) is 0 Å². The van der Waals surface area contributed by atoms with Crippen molar-refractivity contribution in [1.29, 1.82) is 0 Å². The minimum Gasteiger partial charge on any atom is -0.489 e. The number of hydrogen-bond acceptors (Lipinski definition) is 9. The highest BCUT2D eigenvalue weighted by Crippen LogP contribution is 2.56. The Bertz CT molecular complexity index is 1930. The topological polar surface area (TPSA) is 110 Å². The van der Waals surface area contributed by atoms with E-state index >= 15 is 0 Å². The Morgan fingerprint density at radius 2 is 0.922 bits per heavy atom. The fourth-order valence-corrected chi connectivity index (χ4v) is 13.4. The third kappa shape index (κ3) is 11.7. The highest BCUT2D eigenvalue weighted by molar-refractivity contribution is 6.75. The van der Waals surface area contributed by atoms with Gasteiger partial charge in [-0.3, -0.25) is 0 Å². The van der Waals surface area contributed by atoms with E-state index in [-0.39, 0.29) is 69.2 Å². The summed E-state index contributed by atoms with van der Waals surface area (Å²) in [7, 11) is -7.50. The minimum absolute atomic E-state index is 0.0116. The molecule has 0 saturated heterocycles. The van der Waals surface area contributed by atoms with Gasteiger partial charge in [0.25, 0.3) is 0 Å². The van der Waals surface area contributed by atoms with Crippen LogP contribution in [0.3, 0.4) is 0 Å². The molecule has 13 heteroatoms. The summed E-state index contributed by atoms with van der Waals surface area (Å²) in [5.74, 6) is 3.25. The third-order valence-corrected chi connectivity index (χ3v) is 34.8. The van der Waals surface area contributed by atoms with Gasteiger partial charge in [0.1, 0.15) is 23.7 Å². The van der Waals surface area contributed by atoms with Crippen LogP contribution in [0.1, 0.15) is 130 Å². The first-order chi connectivity index (χ1) is 29.1. The van der Waals surface area contributed by atoms with Gasteiger partial charge in [-0.15, -0.1) is 0 Å². The summed E-state index contributed by atoms with van der Waals surface area (Å²) in [5.41, 5.74) is 4.72. The number of aliphatic hydroxyl groups is 1. The molecule has 6 rings (SSSR count). The van der Waals surface area contributed by atoms with Crippen molar-refractivity contribution >= 4 is 39.4 Å². The number of carbonyl (C=O) groups excluding carboxylic acids is 2. The first-order valence-corrected chi connectivity index (χ1v) is 35.5. The van der Waals surface area contributed by atoms with Gasteiger partial charge in [-0.25, -0.2) is 0 Å². The second kappa shape index (κ2) is 19.6. The molecule has 0 amide bonds. The molecular weight excluding hydrogens is 869 g/mol. The second-order valence-electron chi connectivity index (χ2n) is 25.2. The number of aliphatic hydroxyl groups excluding tert-OH is 1. The van der Waals surface area contributed by atoms with E-state index in [1.54, 1.807) is 0 Å². The van der Waals surface area contributed by atoms with Crippen molar-refractivity contribution in [2.75, 3.05) is 13.2 Å². The van der Waals surface area contributed by atoms with E-state index < -0.39 is 33.3 Å². The zero-order chi connectivity index (χ0) is 48.8. The molecule has 0 unspecified atom stereocenters. The molecule has 64 heavy (non-hydrogen) atoms. The van der Waals surface area contributed by atoms with Gasteiger partial charge in [0, 0.05) is 66.4 Å². The van der Waals surface area contributed by atoms with Gasteiger partial charge >= 0.3 is 6.15 Å². The third-order valence-electron chi connectivity index (χ3n) is 16.8. The Labute approximate surface area is 393 Å². The van der Waals surface area contributed by atoms with Crippen LogP contribution in [0.25, 0.3) is 0 Å². The molecule has 2 aromatic carbocycles. The molecule has 2 aliphatic heterocycles. The number of rotatable bonds is 11. The monoisotopic (exact) mass is 957 g/mol. The molecule has 1 N–H and O–H groups in total. The average Bonchev–Trinajstić information content (AvgIpc) is 3.87. The molecule has 2 heterocycles. The van der Waals surface area contributed by atoms with Crippen LogP contribution in [0.5, 0.6) is 11.5 Å². The summed E-state index contributed by atoms with van der Waals surface area (Å²) >= 11 is 0. The Morgan fingerprint density at radius 1 is 0.578 bits per heavy atom. The van der Waals surface area contributed by atoms with Crippen LogP contribution in [0.2, 0.25) is 72.5 Å². The van der Waals surface area contributed by atoms with Crippen molar-refractivity contribution in [2.45, 2.75) is 218 Å². The van der Waals surface area contributed by atoms with Crippen LogP contribution in [0.15, 0.2) is 36.4 Å². The fourth-order valence-electron chi connectivity index (χ4n) is 8.60. The van der Waals surface area contributed by atoms with Crippen molar-refractivity contribution in [3.8, 4) is 11.5 Å². The quantitative estimate of drug-likeness (QED) is 0.220. The van der Waals surface area contributed by atoms with E-state index in [0.717, 1.165) is 36.5 Å². The van der Waals surface area contributed by atoms with E-state index in [1.807, 2.05) is 12.1 Å². The van der Waals surface area contributed by atoms with Crippen molar-refractivity contribution in [1.82, 2.24) is 0 Å². The first-order valence-electron chi connectivity index (χ1n) is 23.8. The number of benzene rings is 2. The molecule has 9 nitrogen and oxygen atoms in total. The highest BCUT2D eigenvalue weighted by atomic mass is 28.4. The van der Waals surface area contributed by atoms with Gasteiger partial charge in [-0.1, -0.05) is 119 Å². The van der Waals surface area contributed by atoms with Crippen molar-refractivity contribution in [3.05, 3.63) is 58.7 Å². The molecule has 0 radical (unpaired) electrons. The maximum Gasteiger partial charge on any atom is 0.373 e. The van der Waals surface area contributed by atoms with Gasteiger partial charge in [-0.2, -0.15) is 9.59 Å². The zero-order valence-electron chi connectivity index (χ0n) is 43.8. The number of hydrogen-bond donors (Lipinski definition) is 1. The largest absolute Gasteiger partial charge is 0.489 e. The molecule has 362 valence electrons. The van der Waals surface area contributed by atoms with E-state index in [0.29, 0.717) is 18.4 Å². The van der Waals surface area contributed by atoms with Crippen molar-refractivity contribution < 1.29 is 41.9 Å². The fraction of sp³-hybridized carbons (Fsp3) is 0.745. The first kappa shape index (κ1) is 54.7. The summed E-state index contributed by atoms with van der Waals surface area (Å²) in [4.78, 5) is 16.2. The lowest BCUT2D eigenvalue weighted by atomic mass is 9.88. The lowest BCUT2D eigenvalue weighted by Crippen LogP contribution is -2.47. The number of fused-ring (bicyclic) bond motifs is 6. The van der Waals surface area contributed by atoms with Crippen LogP contribution in [-0.2, 0) is 33.9 Å². The maximum absolute atomic E-state index is 9.81. The zero-order valence-corrected chi connectivity index (χ0v) is 47.8. The van der Waals surface area contributed by atoms with Gasteiger partial charge in [0.05, 0.1) is 18.8 Å². The van der Waals surface area contributed by atoms with Crippen molar-refractivity contribution in [3.63, 3.8) is 0 Å². The summed E-state index contributed by atoms with van der Waals surface area (Å²) in [6.07, 6.45) is 2.78. The Morgan fingerprint density at radius 3 is 1.28 bits per heavy atom. The van der Waals surface area contributed by atoms with Gasteiger partial charge in [0.15, 0.2) is 33.3 Å². The predicted molar refractivity (Wildman–Crippen MR) is 270 cm³/mol. The molecule has 4 aliphatic rings. The van der Waals surface area contributed by atoms with E-state index in [9.17, 15) is 5.11 Å². The van der Waals surface area contributed by atoms with E-state index in [2.05, 4.69) is 167 Å². The Hall–Kier alpha value is -1.91. The molecule has 8 atom stereocenters. The normalized spacial score (nSPS) is 25.7. The molecule has 0 bridgehead atoms. The lowest BCUT2D eigenvalue weighted by molar-refractivity contribution is -0.191.